The molecule has 29 heavy (non-hydrogen) atoms. The summed E-state index contributed by atoms with van der Waals surface area (Å²) < 4.78 is 43.3. The molecular formula is C20H19F3N4O2. The summed E-state index contributed by atoms with van der Waals surface area (Å²) >= 11 is 0. The second kappa shape index (κ2) is 8.09. The lowest BCUT2D eigenvalue weighted by molar-refractivity contribution is -0.152. The molecule has 6 nitrogen and oxygen atoms in total. The largest absolute Gasteiger partial charge is 0.465 e. The Morgan fingerprint density at radius 1 is 1.28 bits per heavy atom. The predicted molar refractivity (Wildman–Crippen MR) is 98.8 cm³/mol. The highest BCUT2D eigenvalue weighted by molar-refractivity contribution is 5.85. The van der Waals surface area contributed by atoms with Crippen molar-refractivity contribution in [3.8, 4) is 6.07 Å². The van der Waals surface area contributed by atoms with Gasteiger partial charge >= 0.3 is 12.1 Å². The SMILES string of the molecule is CCOC(=O)C1(NCc2ccc(C(F)(F)F)cc2)CN(c2ccc(C#N)cn2)C1. The molecule has 0 atom stereocenters. The topological polar surface area (TPSA) is 78.2 Å². The molecule has 1 aliphatic rings. The van der Waals surface area contributed by atoms with Gasteiger partial charge in [-0.1, -0.05) is 12.1 Å². The van der Waals surface area contributed by atoms with Crippen LogP contribution in [0.1, 0.15) is 23.6 Å². The number of ether oxygens (including phenoxy) is 1. The third-order valence-electron chi connectivity index (χ3n) is 4.70. The monoisotopic (exact) mass is 404 g/mol. The number of nitrogens with zero attached hydrogens (tertiary/aromatic N) is 3. The fraction of sp³-hybridized carbons (Fsp3) is 0.350. The van der Waals surface area contributed by atoms with Gasteiger partial charge in [-0.25, -0.2) is 9.78 Å². The average Bonchev–Trinajstić information content (AvgIpc) is 2.67. The number of aromatic nitrogens is 1. The molecule has 0 spiro atoms. The van der Waals surface area contributed by atoms with Crippen molar-refractivity contribution in [2.75, 3.05) is 24.6 Å². The summed E-state index contributed by atoms with van der Waals surface area (Å²) in [6.45, 7) is 2.74. The van der Waals surface area contributed by atoms with Crippen LogP contribution in [0.2, 0.25) is 0 Å². The van der Waals surface area contributed by atoms with Crippen LogP contribution in [0.25, 0.3) is 0 Å². The van der Waals surface area contributed by atoms with Crippen LogP contribution < -0.4 is 10.2 Å². The molecule has 0 saturated carbocycles. The van der Waals surface area contributed by atoms with Gasteiger partial charge in [0.15, 0.2) is 5.54 Å². The minimum Gasteiger partial charge on any atom is -0.465 e. The molecule has 0 radical (unpaired) electrons. The van der Waals surface area contributed by atoms with Gasteiger partial charge in [0.2, 0.25) is 0 Å². The van der Waals surface area contributed by atoms with Crippen molar-refractivity contribution in [1.29, 1.82) is 5.26 Å². The van der Waals surface area contributed by atoms with E-state index >= 15 is 0 Å². The van der Waals surface area contributed by atoms with Crippen LogP contribution in [0.15, 0.2) is 42.6 Å². The minimum atomic E-state index is -4.39. The second-order valence-corrected chi connectivity index (χ2v) is 6.72. The van der Waals surface area contributed by atoms with Gasteiger partial charge in [-0.2, -0.15) is 18.4 Å². The van der Waals surface area contributed by atoms with Crippen molar-refractivity contribution < 1.29 is 22.7 Å². The first-order chi connectivity index (χ1) is 13.8. The van der Waals surface area contributed by atoms with Crippen LogP contribution in [0.5, 0.6) is 0 Å². The van der Waals surface area contributed by atoms with Crippen LogP contribution in [-0.2, 0) is 22.3 Å². The van der Waals surface area contributed by atoms with Crippen molar-refractivity contribution in [2.24, 2.45) is 0 Å². The molecule has 1 saturated heterocycles. The molecule has 2 aromatic rings. The van der Waals surface area contributed by atoms with Crippen LogP contribution in [-0.4, -0.2) is 36.2 Å². The third-order valence-corrected chi connectivity index (χ3v) is 4.70. The minimum absolute atomic E-state index is 0.214. The first kappa shape index (κ1) is 20.6. The van der Waals surface area contributed by atoms with Gasteiger partial charge in [-0.05, 0) is 36.8 Å². The number of nitrogens with one attached hydrogen (secondary N) is 1. The predicted octanol–water partition coefficient (Wildman–Crippen LogP) is 2.88. The number of benzene rings is 1. The van der Waals surface area contributed by atoms with E-state index in [0.29, 0.717) is 30.0 Å². The smallest absolute Gasteiger partial charge is 0.416 e. The van der Waals surface area contributed by atoms with Gasteiger partial charge in [-0.3, -0.25) is 5.32 Å². The summed E-state index contributed by atoms with van der Waals surface area (Å²) in [5.74, 6) is 0.206. The Morgan fingerprint density at radius 3 is 2.48 bits per heavy atom. The molecule has 1 aromatic carbocycles. The van der Waals surface area contributed by atoms with Gasteiger partial charge in [0.25, 0.3) is 0 Å². The van der Waals surface area contributed by atoms with E-state index in [1.54, 1.807) is 19.1 Å². The lowest BCUT2D eigenvalue weighted by Crippen LogP contribution is -2.73. The highest BCUT2D eigenvalue weighted by Gasteiger charge is 2.50. The second-order valence-electron chi connectivity index (χ2n) is 6.72. The number of anilines is 1. The summed E-state index contributed by atoms with van der Waals surface area (Å²) in [6, 6.07) is 10.1. The number of rotatable bonds is 6. The van der Waals surface area contributed by atoms with Crippen LogP contribution >= 0.6 is 0 Å². The first-order valence-electron chi connectivity index (χ1n) is 8.97. The molecule has 3 rings (SSSR count). The van der Waals surface area contributed by atoms with E-state index in [1.807, 2.05) is 11.0 Å². The van der Waals surface area contributed by atoms with Crippen molar-refractivity contribution in [2.45, 2.75) is 25.2 Å². The van der Waals surface area contributed by atoms with E-state index in [4.69, 9.17) is 10.00 Å². The van der Waals surface area contributed by atoms with E-state index in [1.165, 1.54) is 18.3 Å². The highest BCUT2D eigenvalue weighted by atomic mass is 19.4. The number of alkyl halides is 3. The molecular weight excluding hydrogens is 385 g/mol. The molecule has 0 unspecified atom stereocenters. The molecule has 1 N–H and O–H groups in total. The zero-order chi connectivity index (χ0) is 21.1. The quantitative estimate of drug-likeness (QED) is 0.746. The number of hydrogen-bond donors (Lipinski definition) is 1. The molecule has 0 amide bonds. The average molecular weight is 404 g/mol. The van der Waals surface area contributed by atoms with Gasteiger partial charge in [0.05, 0.1) is 30.8 Å². The van der Waals surface area contributed by atoms with Crippen molar-refractivity contribution >= 4 is 11.8 Å². The maximum absolute atomic E-state index is 12.7. The van der Waals surface area contributed by atoms with E-state index in [0.717, 1.165) is 12.1 Å². The molecule has 1 fully saturated rings. The van der Waals surface area contributed by atoms with E-state index < -0.39 is 23.2 Å². The van der Waals surface area contributed by atoms with Crippen molar-refractivity contribution in [1.82, 2.24) is 10.3 Å². The van der Waals surface area contributed by atoms with Gasteiger partial charge in [0, 0.05) is 12.7 Å². The lowest BCUT2D eigenvalue weighted by Gasteiger charge is -2.49. The lowest BCUT2D eigenvalue weighted by atomic mass is 9.89. The summed E-state index contributed by atoms with van der Waals surface area (Å²) in [6.07, 6.45) is -2.93. The maximum atomic E-state index is 12.7. The zero-order valence-electron chi connectivity index (χ0n) is 15.7. The van der Waals surface area contributed by atoms with Gasteiger partial charge < -0.3 is 9.64 Å². The highest BCUT2D eigenvalue weighted by Crippen LogP contribution is 2.30. The first-order valence-corrected chi connectivity index (χ1v) is 8.97. The van der Waals surface area contributed by atoms with Crippen molar-refractivity contribution in [3.63, 3.8) is 0 Å². The third kappa shape index (κ3) is 4.49. The number of nitriles is 1. The Morgan fingerprint density at radius 2 is 1.97 bits per heavy atom. The molecule has 0 aliphatic carbocycles. The number of esters is 1. The standard InChI is InChI=1S/C20H19F3N4O2/c1-2-29-18(28)19(12-27(13-19)17-8-5-15(9-24)10-25-17)26-11-14-3-6-16(7-4-14)20(21,22)23/h3-8,10,26H,2,11-13H2,1H3. The Kier molecular flexibility index (Phi) is 5.75. The van der Waals surface area contributed by atoms with Crippen LogP contribution in [0.4, 0.5) is 19.0 Å². The molecule has 9 heteroatoms. The van der Waals surface area contributed by atoms with E-state index in [2.05, 4.69) is 10.3 Å². The fourth-order valence-corrected chi connectivity index (χ4v) is 3.07. The van der Waals surface area contributed by atoms with Gasteiger partial charge in [-0.15, -0.1) is 0 Å². The summed E-state index contributed by atoms with van der Waals surface area (Å²) in [7, 11) is 0. The molecule has 2 heterocycles. The number of carbonyl (C=O) groups excluding carboxylic acids is 1. The van der Waals surface area contributed by atoms with E-state index in [9.17, 15) is 18.0 Å². The van der Waals surface area contributed by atoms with E-state index in [-0.39, 0.29) is 13.2 Å². The van der Waals surface area contributed by atoms with Crippen molar-refractivity contribution in [3.05, 3.63) is 59.3 Å². The molecule has 152 valence electrons. The number of hydrogen-bond acceptors (Lipinski definition) is 6. The molecule has 1 aromatic heterocycles. The van der Waals surface area contributed by atoms with Gasteiger partial charge in [0.1, 0.15) is 11.9 Å². The fourth-order valence-electron chi connectivity index (χ4n) is 3.07. The number of carbonyl (C=O) groups is 1. The maximum Gasteiger partial charge on any atom is 0.416 e. The Labute approximate surface area is 165 Å². The number of pyridine rings is 1. The summed E-state index contributed by atoms with van der Waals surface area (Å²) in [5.41, 5.74) is -0.639. The summed E-state index contributed by atoms with van der Waals surface area (Å²) in [5, 5.41) is 12.0. The summed E-state index contributed by atoms with van der Waals surface area (Å²) in [4.78, 5) is 18.6. The molecule has 0 bridgehead atoms. The Balaban J connectivity index is 1.68. The molecule has 1 aliphatic heterocycles. The van der Waals surface area contributed by atoms with Crippen LogP contribution in [0.3, 0.4) is 0 Å². The Hall–Kier alpha value is -3.12. The number of halogens is 3. The zero-order valence-corrected chi connectivity index (χ0v) is 15.7. The Bertz CT molecular complexity index is 899. The normalized spacial score (nSPS) is 15.3. The van der Waals surface area contributed by atoms with Crippen LogP contribution in [0, 0.1) is 11.3 Å².